The van der Waals surface area contributed by atoms with E-state index in [1.807, 2.05) is 0 Å². The highest BCUT2D eigenvalue weighted by Gasteiger charge is 2.34. The fourth-order valence-electron chi connectivity index (χ4n) is 2.29. The van der Waals surface area contributed by atoms with Crippen molar-refractivity contribution in [2.75, 3.05) is 19.7 Å². The van der Waals surface area contributed by atoms with Crippen LogP contribution >= 0.6 is 0 Å². The SMILES string of the molecule is CC(=O)COC(=O)C1CCCN(S(=O)(=O)c2cccnc2)C1. The molecule has 8 heteroatoms. The highest BCUT2D eigenvalue weighted by molar-refractivity contribution is 7.89. The summed E-state index contributed by atoms with van der Waals surface area (Å²) in [4.78, 5) is 26.7. The van der Waals surface area contributed by atoms with Gasteiger partial charge in [0.05, 0.1) is 5.92 Å². The summed E-state index contributed by atoms with van der Waals surface area (Å²) < 4.78 is 31.2. The van der Waals surface area contributed by atoms with E-state index in [9.17, 15) is 18.0 Å². The molecule has 120 valence electrons. The Labute approximate surface area is 129 Å². The van der Waals surface area contributed by atoms with Gasteiger partial charge < -0.3 is 4.74 Å². The molecule has 22 heavy (non-hydrogen) atoms. The molecule has 2 heterocycles. The number of nitrogens with zero attached hydrogens (tertiary/aromatic N) is 2. The number of hydrogen-bond acceptors (Lipinski definition) is 6. The van der Waals surface area contributed by atoms with Gasteiger partial charge in [-0.15, -0.1) is 0 Å². The maximum absolute atomic E-state index is 12.5. The Morgan fingerprint density at radius 3 is 2.86 bits per heavy atom. The van der Waals surface area contributed by atoms with Gasteiger partial charge in [0.25, 0.3) is 0 Å². The summed E-state index contributed by atoms with van der Waals surface area (Å²) in [6.45, 7) is 1.47. The van der Waals surface area contributed by atoms with Crippen molar-refractivity contribution in [3.05, 3.63) is 24.5 Å². The summed E-state index contributed by atoms with van der Waals surface area (Å²) in [5.41, 5.74) is 0. The molecule has 0 saturated carbocycles. The molecule has 1 aliphatic heterocycles. The van der Waals surface area contributed by atoms with Gasteiger partial charge in [-0.25, -0.2) is 8.42 Å². The van der Waals surface area contributed by atoms with E-state index in [2.05, 4.69) is 4.98 Å². The van der Waals surface area contributed by atoms with Crippen molar-refractivity contribution >= 4 is 21.8 Å². The van der Waals surface area contributed by atoms with Crippen molar-refractivity contribution in [2.45, 2.75) is 24.7 Å². The first-order valence-corrected chi connectivity index (χ1v) is 8.41. The third-order valence-corrected chi connectivity index (χ3v) is 5.26. The van der Waals surface area contributed by atoms with Crippen molar-refractivity contribution in [1.82, 2.24) is 9.29 Å². The number of carbonyl (C=O) groups excluding carboxylic acids is 2. The van der Waals surface area contributed by atoms with Crippen LogP contribution in [0.1, 0.15) is 19.8 Å². The average Bonchev–Trinajstić information content (AvgIpc) is 2.53. The van der Waals surface area contributed by atoms with Crippen LogP contribution in [0.5, 0.6) is 0 Å². The second-order valence-electron chi connectivity index (χ2n) is 5.20. The van der Waals surface area contributed by atoms with Crippen molar-refractivity contribution in [3.8, 4) is 0 Å². The molecular weight excluding hydrogens is 308 g/mol. The third-order valence-electron chi connectivity index (χ3n) is 3.41. The largest absolute Gasteiger partial charge is 0.457 e. The number of piperidine rings is 1. The number of aromatic nitrogens is 1. The number of esters is 1. The van der Waals surface area contributed by atoms with Gasteiger partial charge in [0, 0.05) is 25.5 Å². The normalized spacial score (nSPS) is 19.6. The van der Waals surface area contributed by atoms with E-state index >= 15 is 0 Å². The van der Waals surface area contributed by atoms with E-state index in [-0.39, 0.29) is 23.8 Å². The molecule has 7 nitrogen and oxygen atoms in total. The van der Waals surface area contributed by atoms with Crippen molar-refractivity contribution in [1.29, 1.82) is 0 Å². The predicted octanol–water partition coefficient (Wildman–Crippen LogP) is 0.614. The summed E-state index contributed by atoms with van der Waals surface area (Å²) in [7, 11) is -3.66. The second-order valence-corrected chi connectivity index (χ2v) is 7.14. The second kappa shape index (κ2) is 6.97. The molecule has 0 radical (unpaired) electrons. The predicted molar refractivity (Wildman–Crippen MR) is 77.4 cm³/mol. The first kappa shape index (κ1) is 16.6. The first-order chi connectivity index (χ1) is 10.4. The van der Waals surface area contributed by atoms with Gasteiger partial charge in [-0.2, -0.15) is 4.31 Å². The zero-order valence-corrected chi connectivity index (χ0v) is 13.1. The van der Waals surface area contributed by atoms with Crippen LogP contribution in [0.2, 0.25) is 0 Å². The summed E-state index contributed by atoms with van der Waals surface area (Å²) >= 11 is 0. The molecule has 0 aromatic carbocycles. The topological polar surface area (TPSA) is 93.6 Å². The fraction of sp³-hybridized carbons (Fsp3) is 0.500. The van der Waals surface area contributed by atoms with Gasteiger partial charge in [0.2, 0.25) is 10.0 Å². The van der Waals surface area contributed by atoms with E-state index < -0.39 is 21.9 Å². The molecule has 0 N–H and O–H groups in total. The van der Waals surface area contributed by atoms with E-state index in [4.69, 9.17) is 4.74 Å². The summed E-state index contributed by atoms with van der Waals surface area (Å²) in [5.74, 6) is -1.31. The van der Waals surface area contributed by atoms with Crippen LogP contribution in [0.15, 0.2) is 29.4 Å². The van der Waals surface area contributed by atoms with E-state index in [0.29, 0.717) is 19.4 Å². The quantitative estimate of drug-likeness (QED) is 0.736. The van der Waals surface area contributed by atoms with Crippen LogP contribution in [-0.2, 0) is 24.3 Å². The monoisotopic (exact) mass is 326 g/mol. The molecule has 1 aliphatic rings. The van der Waals surface area contributed by atoms with Crippen LogP contribution in [0.4, 0.5) is 0 Å². The Balaban J connectivity index is 2.07. The van der Waals surface area contributed by atoms with E-state index in [1.165, 1.54) is 29.7 Å². The first-order valence-electron chi connectivity index (χ1n) is 6.97. The number of Topliss-reactive ketones (excluding diaryl/α,β-unsaturated/α-hetero) is 1. The molecule has 1 fully saturated rings. The van der Waals surface area contributed by atoms with Gasteiger partial charge in [0.15, 0.2) is 5.78 Å². The molecule has 2 rings (SSSR count). The number of ether oxygens (including phenoxy) is 1. The highest BCUT2D eigenvalue weighted by Crippen LogP contribution is 2.24. The number of pyridine rings is 1. The van der Waals surface area contributed by atoms with Crippen LogP contribution < -0.4 is 0 Å². The van der Waals surface area contributed by atoms with Gasteiger partial charge in [-0.3, -0.25) is 14.6 Å². The Morgan fingerprint density at radius 1 is 1.45 bits per heavy atom. The smallest absolute Gasteiger partial charge is 0.310 e. The Hall–Kier alpha value is -1.80. The Kier molecular flexibility index (Phi) is 5.25. The maximum Gasteiger partial charge on any atom is 0.310 e. The molecule has 1 atom stereocenters. The van der Waals surface area contributed by atoms with Crippen LogP contribution in [0, 0.1) is 5.92 Å². The molecule has 0 spiro atoms. The van der Waals surface area contributed by atoms with E-state index in [1.54, 1.807) is 6.07 Å². The zero-order valence-electron chi connectivity index (χ0n) is 12.3. The molecule has 1 aromatic rings. The third kappa shape index (κ3) is 3.89. The van der Waals surface area contributed by atoms with Crippen LogP contribution in [0.3, 0.4) is 0 Å². The van der Waals surface area contributed by atoms with Crippen molar-refractivity contribution in [3.63, 3.8) is 0 Å². The summed E-state index contributed by atoms with van der Waals surface area (Å²) in [5, 5.41) is 0. The van der Waals surface area contributed by atoms with Gasteiger partial charge >= 0.3 is 5.97 Å². The molecular formula is C14H18N2O5S. The van der Waals surface area contributed by atoms with Crippen LogP contribution in [-0.4, -0.2) is 49.2 Å². The van der Waals surface area contributed by atoms with Crippen LogP contribution in [0.25, 0.3) is 0 Å². The lowest BCUT2D eigenvalue weighted by molar-refractivity contribution is -0.152. The summed E-state index contributed by atoms with van der Waals surface area (Å²) in [6.07, 6.45) is 3.90. The lowest BCUT2D eigenvalue weighted by Gasteiger charge is -2.30. The highest BCUT2D eigenvalue weighted by atomic mass is 32.2. The summed E-state index contributed by atoms with van der Waals surface area (Å²) in [6, 6.07) is 3.02. The molecule has 1 saturated heterocycles. The minimum absolute atomic E-state index is 0.0635. The van der Waals surface area contributed by atoms with Crippen molar-refractivity contribution in [2.24, 2.45) is 5.92 Å². The minimum atomic E-state index is -3.66. The molecule has 0 amide bonds. The van der Waals surface area contributed by atoms with E-state index in [0.717, 1.165) is 0 Å². The lowest BCUT2D eigenvalue weighted by Crippen LogP contribution is -2.42. The molecule has 1 aromatic heterocycles. The fourth-order valence-corrected chi connectivity index (χ4v) is 3.78. The zero-order chi connectivity index (χ0) is 16.2. The molecule has 0 bridgehead atoms. The van der Waals surface area contributed by atoms with Gasteiger partial charge in [-0.05, 0) is 31.9 Å². The van der Waals surface area contributed by atoms with Gasteiger partial charge in [-0.1, -0.05) is 0 Å². The number of hydrogen-bond donors (Lipinski definition) is 0. The maximum atomic E-state index is 12.5. The van der Waals surface area contributed by atoms with Crippen molar-refractivity contribution < 1.29 is 22.7 Å². The number of ketones is 1. The average molecular weight is 326 g/mol. The minimum Gasteiger partial charge on any atom is -0.457 e. The Morgan fingerprint density at radius 2 is 2.23 bits per heavy atom. The molecule has 1 unspecified atom stereocenters. The number of sulfonamides is 1. The molecule has 0 aliphatic carbocycles. The van der Waals surface area contributed by atoms with Gasteiger partial charge in [0.1, 0.15) is 11.5 Å². The lowest BCUT2D eigenvalue weighted by atomic mass is 10.00. The standard InChI is InChI=1S/C14H18N2O5S/c1-11(17)10-21-14(18)12-4-3-7-16(9-12)22(19,20)13-5-2-6-15-8-13/h2,5-6,8,12H,3-4,7,9-10H2,1H3. The number of rotatable bonds is 5. The number of carbonyl (C=O) groups is 2. The Bertz CT molecular complexity index is 644.